The van der Waals surface area contributed by atoms with Crippen molar-refractivity contribution in [3.05, 3.63) is 65.6 Å². The number of allylic oxidation sites excluding steroid dienone is 1. The smallest absolute Gasteiger partial charge is 0.270 e. The van der Waals surface area contributed by atoms with E-state index in [2.05, 4.69) is 26.7 Å². The maximum absolute atomic E-state index is 12.5. The Morgan fingerprint density at radius 2 is 2.04 bits per heavy atom. The highest BCUT2D eigenvalue weighted by molar-refractivity contribution is 5.93. The maximum Gasteiger partial charge on any atom is 0.270 e. The number of nitrogens with one attached hydrogen (secondary N) is 2. The molecule has 1 heterocycles. The predicted molar refractivity (Wildman–Crippen MR) is 104 cm³/mol. The number of hydrogen-bond acceptors (Lipinski definition) is 4. The summed E-state index contributed by atoms with van der Waals surface area (Å²) in [4.78, 5) is 20.8. The number of anilines is 1. The topological polar surface area (TPSA) is 66.9 Å². The van der Waals surface area contributed by atoms with Crippen molar-refractivity contribution in [1.82, 2.24) is 15.3 Å². The van der Waals surface area contributed by atoms with E-state index >= 15 is 0 Å². The Balaban J connectivity index is 1.54. The minimum absolute atomic E-state index is 0.0756. The number of rotatable bonds is 7. The highest BCUT2D eigenvalue weighted by Gasteiger charge is 2.13. The van der Waals surface area contributed by atoms with Crippen LogP contribution in [0.1, 0.15) is 61.1 Å². The van der Waals surface area contributed by atoms with Crippen LogP contribution >= 0.6 is 0 Å². The number of nitrogens with zero attached hydrogens (tertiary/aromatic N) is 2. The van der Waals surface area contributed by atoms with Crippen LogP contribution in [0.5, 0.6) is 0 Å². The van der Waals surface area contributed by atoms with Gasteiger partial charge in [0.2, 0.25) is 0 Å². The molecule has 1 atom stereocenters. The molecule has 0 saturated carbocycles. The summed E-state index contributed by atoms with van der Waals surface area (Å²) >= 11 is 0. The largest absolute Gasteiger partial charge is 0.370 e. The Morgan fingerprint density at radius 3 is 2.81 bits per heavy atom. The van der Waals surface area contributed by atoms with E-state index in [0.29, 0.717) is 11.5 Å². The van der Waals surface area contributed by atoms with E-state index in [9.17, 15) is 4.79 Å². The molecular weight excluding hydrogens is 324 g/mol. The lowest BCUT2D eigenvalue weighted by molar-refractivity contribution is 0.0934. The van der Waals surface area contributed by atoms with Gasteiger partial charge in [0.05, 0.1) is 6.04 Å². The quantitative estimate of drug-likeness (QED) is 0.732. The van der Waals surface area contributed by atoms with E-state index in [0.717, 1.165) is 18.5 Å². The number of aromatic nitrogens is 2. The monoisotopic (exact) mass is 350 g/mol. The van der Waals surface area contributed by atoms with Gasteiger partial charge in [0.15, 0.2) is 0 Å². The fraction of sp³-hybridized carbons (Fsp3) is 0.381. The first kappa shape index (κ1) is 18.1. The van der Waals surface area contributed by atoms with Gasteiger partial charge in [0.25, 0.3) is 5.91 Å². The zero-order chi connectivity index (χ0) is 18.2. The number of benzene rings is 1. The van der Waals surface area contributed by atoms with Crippen LogP contribution < -0.4 is 10.6 Å². The van der Waals surface area contributed by atoms with Crippen LogP contribution in [-0.4, -0.2) is 22.4 Å². The lowest BCUT2D eigenvalue weighted by Crippen LogP contribution is -2.27. The normalized spacial score (nSPS) is 15.0. The lowest BCUT2D eigenvalue weighted by atomic mass is 9.97. The van der Waals surface area contributed by atoms with Crippen molar-refractivity contribution in [2.24, 2.45) is 0 Å². The molecule has 2 aromatic rings. The minimum atomic E-state index is -0.193. The van der Waals surface area contributed by atoms with Crippen molar-refractivity contribution in [3.63, 3.8) is 0 Å². The van der Waals surface area contributed by atoms with E-state index < -0.39 is 0 Å². The lowest BCUT2D eigenvalue weighted by Gasteiger charge is -2.15. The average Bonchev–Trinajstić information content (AvgIpc) is 2.69. The van der Waals surface area contributed by atoms with Crippen molar-refractivity contribution in [3.8, 4) is 0 Å². The molecule has 1 aromatic carbocycles. The summed E-state index contributed by atoms with van der Waals surface area (Å²) in [6, 6.07) is 11.5. The molecule has 5 nitrogen and oxygen atoms in total. The third kappa shape index (κ3) is 5.15. The van der Waals surface area contributed by atoms with Gasteiger partial charge in [-0.15, -0.1) is 0 Å². The maximum atomic E-state index is 12.5. The molecule has 26 heavy (non-hydrogen) atoms. The Labute approximate surface area is 155 Å². The predicted octanol–water partition coefficient (Wildman–Crippen LogP) is 4.27. The molecule has 1 aliphatic carbocycles. The fourth-order valence-electron chi connectivity index (χ4n) is 3.16. The molecule has 0 spiro atoms. The fourth-order valence-corrected chi connectivity index (χ4v) is 3.16. The molecule has 1 aliphatic rings. The van der Waals surface area contributed by atoms with Crippen LogP contribution in [0.25, 0.3) is 0 Å². The molecule has 1 aromatic heterocycles. The zero-order valence-corrected chi connectivity index (χ0v) is 15.2. The summed E-state index contributed by atoms with van der Waals surface area (Å²) in [6.45, 7) is 2.79. The average molecular weight is 350 g/mol. The van der Waals surface area contributed by atoms with Gasteiger partial charge in [-0.05, 0) is 44.6 Å². The molecule has 0 fully saturated rings. The van der Waals surface area contributed by atoms with Crippen LogP contribution in [0, 0.1) is 0 Å². The van der Waals surface area contributed by atoms with Gasteiger partial charge in [-0.2, -0.15) is 0 Å². The molecule has 5 heteroatoms. The van der Waals surface area contributed by atoms with E-state index in [4.69, 9.17) is 0 Å². The molecule has 136 valence electrons. The van der Waals surface area contributed by atoms with Crippen molar-refractivity contribution in [2.75, 3.05) is 11.9 Å². The Hall–Kier alpha value is -2.69. The first-order valence-corrected chi connectivity index (χ1v) is 9.32. The molecule has 1 amide bonds. The summed E-state index contributed by atoms with van der Waals surface area (Å²) in [7, 11) is 0. The number of hydrogen-bond donors (Lipinski definition) is 2. The zero-order valence-electron chi connectivity index (χ0n) is 15.2. The SMILES string of the molecule is CC(NC(=O)c1cc(NCCC2=CCCCC2)ncn1)c1ccccc1. The molecule has 0 aliphatic heterocycles. The van der Waals surface area contributed by atoms with Crippen molar-refractivity contribution in [1.29, 1.82) is 0 Å². The first-order chi connectivity index (χ1) is 12.7. The second kappa shape index (κ2) is 9.13. The van der Waals surface area contributed by atoms with Crippen LogP contribution in [0.4, 0.5) is 5.82 Å². The second-order valence-corrected chi connectivity index (χ2v) is 6.68. The highest BCUT2D eigenvalue weighted by atomic mass is 16.1. The second-order valence-electron chi connectivity index (χ2n) is 6.68. The van der Waals surface area contributed by atoms with Crippen LogP contribution in [0.3, 0.4) is 0 Å². The van der Waals surface area contributed by atoms with Gasteiger partial charge in [0, 0.05) is 12.6 Å². The van der Waals surface area contributed by atoms with Crippen LogP contribution in [0.15, 0.2) is 54.4 Å². The molecule has 0 radical (unpaired) electrons. The number of carbonyl (C=O) groups excluding carboxylic acids is 1. The molecule has 0 saturated heterocycles. The minimum Gasteiger partial charge on any atom is -0.370 e. The Morgan fingerprint density at radius 1 is 1.19 bits per heavy atom. The number of amides is 1. The highest BCUT2D eigenvalue weighted by Crippen LogP contribution is 2.20. The van der Waals surface area contributed by atoms with E-state index in [1.807, 2.05) is 37.3 Å². The summed E-state index contributed by atoms with van der Waals surface area (Å²) in [5, 5.41) is 6.28. The molecule has 0 bridgehead atoms. The van der Waals surface area contributed by atoms with E-state index in [1.165, 1.54) is 37.6 Å². The van der Waals surface area contributed by atoms with Crippen molar-refractivity contribution < 1.29 is 4.79 Å². The van der Waals surface area contributed by atoms with Gasteiger partial charge >= 0.3 is 0 Å². The molecule has 1 unspecified atom stereocenters. The van der Waals surface area contributed by atoms with Gasteiger partial charge < -0.3 is 10.6 Å². The molecule has 3 rings (SSSR count). The first-order valence-electron chi connectivity index (χ1n) is 9.32. The third-order valence-corrected chi connectivity index (χ3v) is 4.68. The van der Waals surface area contributed by atoms with E-state index in [1.54, 1.807) is 6.07 Å². The van der Waals surface area contributed by atoms with Gasteiger partial charge in [0.1, 0.15) is 17.8 Å². The summed E-state index contributed by atoms with van der Waals surface area (Å²) in [5.74, 6) is 0.496. The Bertz CT molecular complexity index is 758. The Kier molecular flexibility index (Phi) is 6.36. The van der Waals surface area contributed by atoms with Gasteiger partial charge in [-0.1, -0.05) is 42.0 Å². The summed E-state index contributed by atoms with van der Waals surface area (Å²) in [6.07, 6.45) is 9.82. The van der Waals surface area contributed by atoms with Crippen molar-refractivity contribution >= 4 is 11.7 Å². The van der Waals surface area contributed by atoms with Gasteiger partial charge in [-0.3, -0.25) is 4.79 Å². The third-order valence-electron chi connectivity index (χ3n) is 4.68. The summed E-state index contributed by atoms with van der Waals surface area (Å²) in [5.41, 5.74) is 2.96. The molecule has 2 N–H and O–H groups in total. The molecular formula is C21H26N4O. The van der Waals surface area contributed by atoms with Crippen LogP contribution in [0.2, 0.25) is 0 Å². The van der Waals surface area contributed by atoms with E-state index in [-0.39, 0.29) is 11.9 Å². The standard InChI is InChI=1S/C21H26N4O/c1-16(18-10-6-3-7-11-18)25-21(26)19-14-20(24-15-23-19)22-13-12-17-8-4-2-5-9-17/h3,6-8,10-11,14-16H,2,4-5,9,12-13H2,1H3,(H,25,26)(H,22,23,24). The van der Waals surface area contributed by atoms with Gasteiger partial charge in [-0.25, -0.2) is 9.97 Å². The number of carbonyl (C=O) groups is 1. The summed E-state index contributed by atoms with van der Waals surface area (Å²) < 4.78 is 0. The van der Waals surface area contributed by atoms with Crippen molar-refractivity contribution in [2.45, 2.75) is 45.1 Å². The van der Waals surface area contributed by atoms with Crippen LogP contribution in [-0.2, 0) is 0 Å².